The molecule has 1 aliphatic heterocycles. The molecule has 0 saturated carbocycles. The number of carbonyl (C=O) groups excluding carboxylic acids is 1. The number of likely N-dealkylation sites (tertiary alicyclic amines) is 1. The van der Waals surface area contributed by atoms with Gasteiger partial charge >= 0.3 is 0 Å². The number of unbranched alkanes of at least 4 members (excludes halogenated alkanes) is 1. The molecule has 1 saturated heterocycles. The molecular formula is C13H28N4O. The van der Waals surface area contributed by atoms with E-state index < -0.39 is 0 Å². The van der Waals surface area contributed by atoms with Crippen molar-refractivity contribution in [1.29, 1.82) is 0 Å². The second kappa shape index (κ2) is 8.45. The summed E-state index contributed by atoms with van der Waals surface area (Å²) in [6.07, 6.45) is 4.55. The zero-order valence-electron chi connectivity index (χ0n) is 11.8. The summed E-state index contributed by atoms with van der Waals surface area (Å²) in [6, 6.07) is 0.619. The molecule has 1 fully saturated rings. The monoisotopic (exact) mass is 256 g/mol. The highest BCUT2D eigenvalue weighted by Gasteiger charge is 2.20. The maximum absolute atomic E-state index is 11.6. The number of nitrogens with one attached hydrogen (secondary N) is 1. The largest absolute Gasteiger partial charge is 0.348 e. The summed E-state index contributed by atoms with van der Waals surface area (Å²) >= 11 is 0. The Labute approximate surface area is 111 Å². The first-order valence-electron chi connectivity index (χ1n) is 6.99. The van der Waals surface area contributed by atoms with Crippen LogP contribution >= 0.6 is 0 Å². The van der Waals surface area contributed by atoms with Gasteiger partial charge in [-0.2, -0.15) is 0 Å². The Kier molecular flexibility index (Phi) is 7.23. The average molecular weight is 256 g/mol. The smallest absolute Gasteiger partial charge is 0.236 e. The van der Waals surface area contributed by atoms with Crippen molar-refractivity contribution in [3.05, 3.63) is 0 Å². The van der Waals surface area contributed by atoms with Crippen molar-refractivity contribution < 1.29 is 4.79 Å². The van der Waals surface area contributed by atoms with Gasteiger partial charge < -0.3 is 16.0 Å². The van der Waals surface area contributed by atoms with E-state index in [0.29, 0.717) is 12.6 Å². The van der Waals surface area contributed by atoms with E-state index in [-0.39, 0.29) is 5.91 Å². The van der Waals surface area contributed by atoms with Crippen LogP contribution in [-0.4, -0.2) is 68.6 Å². The minimum absolute atomic E-state index is 0.198. The lowest BCUT2D eigenvalue weighted by atomic mass is 10.0. The van der Waals surface area contributed by atoms with Gasteiger partial charge in [-0.05, 0) is 38.8 Å². The highest BCUT2D eigenvalue weighted by Crippen LogP contribution is 2.10. The van der Waals surface area contributed by atoms with E-state index in [1.807, 2.05) is 14.1 Å². The zero-order valence-corrected chi connectivity index (χ0v) is 11.8. The summed E-state index contributed by atoms with van der Waals surface area (Å²) in [7, 11) is 3.63. The van der Waals surface area contributed by atoms with E-state index in [2.05, 4.69) is 10.2 Å². The Hall–Kier alpha value is -0.650. The molecule has 3 N–H and O–H groups in total. The standard InChI is InChI=1S/C13H28N4O/c1-16(2)13(18)11-17-9-5-12(6-10-17)15-8-4-3-7-14/h12,15H,3-11,14H2,1-2H3. The molecule has 0 bridgehead atoms. The Morgan fingerprint density at radius 3 is 2.56 bits per heavy atom. The minimum Gasteiger partial charge on any atom is -0.348 e. The highest BCUT2D eigenvalue weighted by atomic mass is 16.2. The Bertz CT molecular complexity index is 237. The fourth-order valence-electron chi connectivity index (χ4n) is 2.20. The van der Waals surface area contributed by atoms with Gasteiger partial charge in [0.25, 0.3) is 0 Å². The predicted octanol–water partition coefficient (Wildman–Crippen LogP) is -0.132. The molecule has 0 atom stereocenters. The van der Waals surface area contributed by atoms with Crippen LogP contribution in [0.4, 0.5) is 0 Å². The maximum atomic E-state index is 11.6. The Morgan fingerprint density at radius 2 is 2.00 bits per heavy atom. The summed E-state index contributed by atoms with van der Waals surface area (Å²) in [5.41, 5.74) is 5.47. The molecule has 0 aromatic carbocycles. The van der Waals surface area contributed by atoms with Crippen molar-refractivity contribution >= 4 is 5.91 Å². The SMILES string of the molecule is CN(C)C(=O)CN1CCC(NCCCCN)CC1. The third kappa shape index (κ3) is 5.80. The van der Waals surface area contributed by atoms with Gasteiger partial charge in [0.15, 0.2) is 0 Å². The Morgan fingerprint density at radius 1 is 1.33 bits per heavy atom. The first kappa shape index (κ1) is 15.4. The van der Waals surface area contributed by atoms with Gasteiger partial charge in [0.05, 0.1) is 6.54 Å². The van der Waals surface area contributed by atoms with Crippen LogP contribution in [0, 0.1) is 0 Å². The van der Waals surface area contributed by atoms with E-state index in [0.717, 1.165) is 51.9 Å². The quantitative estimate of drug-likeness (QED) is 0.623. The molecule has 18 heavy (non-hydrogen) atoms. The van der Waals surface area contributed by atoms with Crippen molar-refractivity contribution in [1.82, 2.24) is 15.1 Å². The van der Waals surface area contributed by atoms with Crippen LogP contribution in [-0.2, 0) is 4.79 Å². The maximum Gasteiger partial charge on any atom is 0.236 e. The van der Waals surface area contributed by atoms with Gasteiger partial charge in [0.1, 0.15) is 0 Å². The topological polar surface area (TPSA) is 61.6 Å². The average Bonchev–Trinajstić information content (AvgIpc) is 2.36. The van der Waals surface area contributed by atoms with Gasteiger partial charge in [-0.1, -0.05) is 0 Å². The van der Waals surface area contributed by atoms with Crippen LogP contribution in [0.15, 0.2) is 0 Å². The molecule has 0 unspecified atom stereocenters. The second-order valence-corrected chi connectivity index (χ2v) is 5.29. The van der Waals surface area contributed by atoms with Crippen LogP contribution < -0.4 is 11.1 Å². The van der Waals surface area contributed by atoms with Crippen molar-refractivity contribution in [2.24, 2.45) is 5.73 Å². The number of piperidine rings is 1. The third-order valence-corrected chi connectivity index (χ3v) is 3.51. The molecule has 106 valence electrons. The number of rotatable bonds is 7. The summed E-state index contributed by atoms with van der Waals surface area (Å²) < 4.78 is 0. The minimum atomic E-state index is 0.198. The molecule has 5 heteroatoms. The van der Waals surface area contributed by atoms with Crippen LogP contribution in [0.5, 0.6) is 0 Å². The molecule has 5 nitrogen and oxygen atoms in total. The fraction of sp³-hybridized carbons (Fsp3) is 0.923. The van der Waals surface area contributed by atoms with Crippen molar-refractivity contribution in [2.75, 3.05) is 46.8 Å². The van der Waals surface area contributed by atoms with Gasteiger partial charge in [-0.25, -0.2) is 0 Å². The molecule has 0 spiro atoms. The number of hydrogen-bond donors (Lipinski definition) is 2. The molecule has 1 rings (SSSR count). The lowest BCUT2D eigenvalue weighted by Crippen LogP contribution is -2.46. The number of carbonyl (C=O) groups is 1. The molecule has 1 aliphatic rings. The van der Waals surface area contributed by atoms with Crippen LogP contribution in [0.2, 0.25) is 0 Å². The van der Waals surface area contributed by atoms with Crippen molar-refractivity contribution in [2.45, 2.75) is 31.7 Å². The zero-order chi connectivity index (χ0) is 13.4. The van der Waals surface area contributed by atoms with E-state index in [1.54, 1.807) is 4.90 Å². The summed E-state index contributed by atoms with van der Waals surface area (Å²) in [5.74, 6) is 0.198. The number of hydrogen-bond acceptors (Lipinski definition) is 4. The lowest BCUT2D eigenvalue weighted by Gasteiger charge is -2.32. The van der Waals surface area contributed by atoms with Gasteiger partial charge in [0, 0.05) is 33.2 Å². The third-order valence-electron chi connectivity index (χ3n) is 3.51. The molecule has 1 amide bonds. The molecule has 0 aromatic rings. The lowest BCUT2D eigenvalue weighted by molar-refractivity contribution is -0.130. The van der Waals surface area contributed by atoms with Gasteiger partial charge in [-0.3, -0.25) is 9.69 Å². The van der Waals surface area contributed by atoms with Gasteiger partial charge in [-0.15, -0.1) is 0 Å². The first-order chi connectivity index (χ1) is 8.63. The van der Waals surface area contributed by atoms with Crippen LogP contribution in [0.3, 0.4) is 0 Å². The van der Waals surface area contributed by atoms with E-state index in [9.17, 15) is 4.79 Å². The first-order valence-corrected chi connectivity index (χ1v) is 6.99. The molecule has 0 aromatic heterocycles. The highest BCUT2D eigenvalue weighted by molar-refractivity contribution is 5.77. The Balaban J connectivity index is 2.11. The number of nitrogens with zero attached hydrogens (tertiary/aromatic N) is 2. The molecular weight excluding hydrogens is 228 g/mol. The summed E-state index contributed by atoms with van der Waals surface area (Å²) in [4.78, 5) is 15.5. The molecule has 0 aliphatic carbocycles. The number of likely N-dealkylation sites (N-methyl/N-ethyl adjacent to an activating group) is 1. The summed E-state index contributed by atoms with van der Waals surface area (Å²) in [5, 5.41) is 3.58. The molecule has 0 radical (unpaired) electrons. The number of nitrogens with two attached hydrogens (primary N) is 1. The normalized spacial score (nSPS) is 17.9. The second-order valence-electron chi connectivity index (χ2n) is 5.29. The van der Waals surface area contributed by atoms with Gasteiger partial charge in [0.2, 0.25) is 5.91 Å². The fourth-order valence-corrected chi connectivity index (χ4v) is 2.20. The van der Waals surface area contributed by atoms with Crippen LogP contribution in [0.25, 0.3) is 0 Å². The van der Waals surface area contributed by atoms with Crippen LogP contribution in [0.1, 0.15) is 25.7 Å². The van der Waals surface area contributed by atoms with E-state index >= 15 is 0 Å². The predicted molar refractivity (Wildman–Crippen MR) is 74.4 cm³/mol. The van der Waals surface area contributed by atoms with E-state index in [4.69, 9.17) is 5.73 Å². The molecule has 1 heterocycles. The van der Waals surface area contributed by atoms with Crippen molar-refractivity contribution in [3.63, 3.8) is 0 Å². The van der Waals surface area contributed by atoms with E-state index in [1.165, 1.54) is 0 Å². The number of amides is 1. The summed E-state index contributed by atoms with van der Waals surface area (Å²) in [6.45, 7) is 4.46. The van der Waals surface area contributed by atoms with Crippen molar-refractivity contribution in [3.8, 4) is 0 Å².